The van der Waals surface area contributed by atoms with E-state index in [2.05, 4.69) is 0 Å². The maximum Gasteiger partial charge on any atom is 0.211 e. The maximum absolute atomic E-state index is 10.4. The van der Waals surface area contributed by atoms with E-state index < -0.39 is 80.5 Å². The van der Waals surface area contributed by atoms with E-state index in [1.165, 1.54) is 0 Å². The topological polar surface area (TPSA) is 221 Å². The summed E-state index contributed by atoms with van der Waals surface area (Å²) in [5.74, 6) is -8.07. The molecular weight excluding hydrogens is 480 g/mol. The van der Waals surface area contributed by atoms with Gasteiger partial charge in [0, 0.05) is 48.0 Å². The summed E-state index contributed by atoms with van der Waals surface area (Å²) in [4.78, 5) is 0. The minimum atomic E-state index is -0.716. The molecule has 0 amide bonds. The lowest BCUT2D eigenvalue weighted by Gasteiger charge is -2.17. The van der Waals surface area contributed by atoms with Crippen LogP contribution in [0, 0.1) is 0 Å². The van der Waals surface area contributed by atoms with Crippen molar-refractivity contribution in [3.8, 4) is 91.6 Å². The zero-order chi connectivity index (χ0) is 26.3. The van der Waals surface area contributed by atoms with Crippen molar-refractivity contribution in [2.24, 2.45) is 0 Å². The van der Waals surface area contributed by atoms with Crippen LogP contribution in [0.1, 0.15) is 0 Å². The van der Waals surface area contributed by atoms with Crippen molar-refractivity contribution in [3.05, 3.63) is 48.5 Å². The van der Waals surface area contributed by atoms with E-state index in [1.54, 1.807) is 0 Å². The second-order valence-corrected chi connectivity index (χ2v) is 7.51. The first-order valence-electron chi connectivity index (χ1n) is 9.92. The smallest absolute Gasteiger partial charge is 0.211 e. The van der Waals surface area contributed by atoms with Crippen LogP contribution in [0.5, 0.6) is 80.5 Å². The Hall–Kier alpha value is -5.52. The minimum absolute atomic E-state index is 0.243. The van der Waals surface area contributed by atoms with E-state index in [1.807, 2.05) is 0 Å². The van der Waals surface area contributed by atoms with Gasteiger partial charge in [0.15, 0.2) is 34.5 Å². The molecule has 12 nitrogen and oxygen atoms in total. The molecule has 0 bridgehead atoms. The van der Waals surface area contributed by atoms with E-state index in [9.17, 15) is 51.1 Å². The van der Waals surface area contributed by atoms with Crippen LogP contribution in [-0.2, 0) is 0 Å². The highest BCUT2D eigenvalue weighted by Crippen LogP contribution is 2.52. The third-order valence-electron chi connectivity index (χ3n) is 4.91. The zero-order valence-corrected chi connectivity index (χ0v) is 17.9. The second kappa shape index (κ2) is 8.68. The van der Waals surface area contributed by atoms with Crippen LogP contribution in [0.2, 0.25) is 0 Å². The fourth-order valence-electron chi connectivity index (χ4n) is 3.37. The summed E-state index contributed by atoms with van der Waals surface area (Å²) in [5.41, 5.74) is -0.562. The van der Waals surface area contributed by atoms with Crippen LogP contribution in [0.25, 0.3) is 11.1 Å². The number of hydrogen-bond acceptors (Lipinski definition) is 12. The highest BCUT2D eigenvalue weighted by Gasteiger charge is 2.23. The second-order valence-electron chi connectivity index (χ2n) is 7.51. The molecule has 0 aromatic heterocycles. The van der Waals surface area contributed by atoms with E-state index in [0.29, 0.717) is 0 Å². The summed E-state index contributed by atoms with van der Waals surface area (Å²) in [6, 6.07) is 7.10. The first-order valence-corrected chi connectivity index (χ1v) is 9.92. The third kappa shape index (κ3) is 4.33. The van der Waals surface area contributed by atoms with E-state index in [0.717, 1.165) is 48.5 Å². The van der Waals surface area contributed by atoms with Gasteiger partial charge in [-0.25, -0.2) is 0 Å². The molecule has 0 saturated carbocycles. The predicted molar refractivity (Wildman–Crippen MR) is 122 cm³/mol. The molecule has 0 aliphatic carbocycles. The van der Waals surface area contributed by atoms with Gasteiger partial charge < -0.3 is 60.5 Å². The summed E-state index contributed by atoms with van der Waals surface area (Å²) in [6.45, 7) is 0. The lowest BCUT2D eigenvalue weighted by atomic mass is 10.0. The molecule has 12 heteroatoms. The van der Waals surface area contributed by atoms with Crippen molar-refractivity contribution in [1.82, 2.24) is 0 Å². The van der Waals surface area contributed by atoms with Crippen molar-refractivity contribution in [1.29, 1.82) is 0 Å². The van der Waals surface area contributed by atoms with Crippen LogP contribution in [0.15, 0.2) is 48.5 Å². The van der Waals surface area contributed by atoms with Gasteiger partial charge in [-0.15, -0.1) is 0 Å². The monoisotopic (exact) mass is 498 g/mol. The molecular formula is C24H18O12. The molecule has 0 radical (unpaired) electrons. The van der Waals surface area contributed by atoms with Gasteiger partial charge in [-0.1, -0.05) is 0 Å². The molecule has 36 heavy (non-hydrogen) atoms. The lowest BCUT2D eigenvalue weighted by Crippen LogP contribution is -1.93. The molecule has 0 saturated heterocycles. The van der Waals surface area contributed by atoms with E-state index in [4.69, 9.17) is 9.47 Å². The Kier molecular flexibility index (Phi) is 5.70. The molecule has 4 aromatic carbocycles. The first-order chi connectivity index (χ1) is 16.9. The molecule has 0 unspecified atom stereocenters. The number of ether oxygens (including phenoxy) is 2. The fourth-order valence-corrected chi connectivity index (χ4v) is 3.37. The predicted octanol–water partition coefficient (Wildman–Crippen LogP) is 3.99. The highest BCUT2D eigenvalue weighted by molar-refractivity contribution is 5.83. The Morgan fingerprint density at radius 3 is 1.36 bits per heavy atom. The van der Waals surface area contributed by atoms with Gasteiger partial charge in [-0.3, -0.25) is 0 Å². The maximum atomic E-state index is 10.4. The number of phenols is 10. The van der Waals surface area contributed by atoms with Gasteiger partial charge >= 0.3 is 0 Å². The number of aromatic hydroxyl groups is 10. The largest absolute Gasteiger partial charge is 0.508 e. The van der Waals surface area contributed by atoms with Crippen molar-refractivity contribution >= 4 is 0 Å². The van der Waals surface area contributed by atoms with Crippen molar-refractivity contribution in [2.75, 3.05) is 0 Å². The number of benzene rings is 4. The fraction of sp³-hybridized carbons (Fsp3) is 0. The van der Waals surface area contributed by atoms with Crippen LogP contribution in [-0.4, -0.2) is 51.1 Å². The summed E-state index contributed by atoms with van der Waals surface area (Å²) in [6.07, 6.45) is 0. The summed E-state index contributed by atoms with van der Waals surface area (Å²) >= 11 is 0. The highest BCUT2D eigenvalue weighted by atomic mass is 16.5. The Morgan fingerprint density at radius 1 is 0.361 bits per heavy atom. The van der Waals surface area contributed by atoms with Crippen LogP contribution >= 0.6 is 0 Å². The van der Waals surface area contributed by atoms with Gasteiger partial charge in [0.25, 0.3) is 0 Å². The molecule has 0 aliphatic heterocycles. The van der Waals surface area contributed by atoms with Crippen molar-refractivity contribution in [3.63, 3.8) is 0 Å². The quantitative estimate of drug-likeness (QED) is 0.189. The number of phenolic OH excluding ortho intramolecular Hbond substituents is 10. The third-order valence-corrected chi connectivity index (χ3v) is 4.91. The van der Waals surface area contributed by atoms with E-state index >= 15 is 0 Å². The van der Waals surface area contributed by atoms with Crippen molar-refractivity contribution in [2.45, 2.75) is 0 Å². The average Bonchev–Trinajstić information content (AvgIpc) is 2.74. The Labute approximate surface area is 201 Å². The molecule has 4 rings (SSSR count). The zero-order valence-electron chi connectivity index (χ0n) is 17.9. The van der Waals surface area contributed by atoms with Gasteiger partial charge in [0.05, 0.1) is 5.56 Å². The van der Waals surface area contributed by atoms with Crippen LogP contribution in [0.4, 0.5) is 0 Å². The van der Waals surface area contributed by atoms with Gasteiger partial charge in [0.1, 0.15) is 34.5 Å². The SMILES string of the molecule is Oc1cc(O)c(Oc2cc(O)cc(O)c2Oc2cc(-c3c(O)cc(O)cc3O)c(O)cc2O)c(O)c1. The van der Waals surface area contributed by atoms with Gasteiger partial charge in [-0.05, 0) is 6.07 Å². The Balaban J connectivity index is 1.82. The van der Waals surface area contributed by atoms with Crippen LogP contribution in [0.3, 0.4) is 0 Å². The number of rotatable bonds is 5. The van der Waals surface area contributed by atoms with E-state index in [-0.39, 0.29) is 11.1 Å². The first kappa shape index (κ1) is 23.6. The van der Waals surface area contributed by atoms with Crippen LogP contribution < -0.4 is 9.47 Å². The Morgan fingerprint density at radius 2 is 0.806 bits per heavy atom. The molecule has 0 fully saturated rings. The average molecular weight is 498 g/mol. The van der Waals surface area contributed by atoms with Gasteiger partial charge in [0.2, 0.25) is 11.5 Å². The molecule has 10 N–H and O–H groups in total. The molecule has 0 spiro atoms. The van der Waals surface area contributed by atoms with Crippen molar-refractivity contribution < 1.29 is 60.5 Å². The molecule has 0 atom stereocenters. The molecule has 4 aromatic rings. The lowest BCUT2D eigenvalue weighted by molar-refractivity contribution is 0.338. The molecule has 0 aliphatic rings. The summed E-state index contributed by atoms with van der Waals surface area (Å²) < 4.78 is 10.9. The molecule has 0 heterocycles. The molecule has 186 valence electrons. The Bertz CT molecular complexity index is 1450. The standard InChI is InChI=1S/C24H18O12/c25-9-1-15(30)22(16(31)2-9)12-7-20(14(29)8-13(12)28)35-24-19(34)5-11(27)6-21(24)36-23-17(32)3-10(26)4-18(23)33/h1-8,25-34H. The number of hydrogen-bond donors (Lipinski definition) is 10. The summed E-state index contributed by atoms with van der Waals surface area (Å²) in [5, 5.41) is 100. The minimum Gasteiger partial charge on any atom is -0.508 e. The normalized spacial score (nSPS) is 10.8. The summed E-state index contributed by atoms with van der Waals surface area (Å²) in [7, 11) is 0. The van der Waals surface area contributed by atoms with Gasteiger partial charge in [-0.2, -0.15) is 0 Å².